The molecule has 0 bridgehead atoms. The molecule has 0 spiro atoms. The summed E-state index contributed by atoms with van der Waals surface area (Å²) in [4.78, 5) is 22.6. The van der Waals surface area contributed by atoms with Crippen molar-refractivity contribution in [1.29, 1.82) is 0 Å². The van der Waals surface area contributed by atoms with Gasteiger partial charge in [-0.15, -0.1) is 0 Å². The maximum atomic E-state index is 12.5. The highest BCUT2D eigenvalue weighted by atomic mass is 19.3. The Morgan fingerprint density at radius 3 is 2.17 bits per heavy atom. The monoisotopic (exact) mass is 356 g/mol. The van der Waals surface area contributed by atoms with Crippen molar-refractivity contribution in [3.05, 3.63) is 0 Å². The van der Waals surface area contributed by atoms with Crippen LogP contribution >= 0.6 is 0 Å². The van der Waals surface area contributed by atoms with Crippen LogP contribution in [0, 0.1) is 5.92 Å². The van der Waals surface area contributed by atoms with Gasteiger partial charge < -0.3 is 9.47 Å². The molecule has 1 rings (SSSR count). The van der Waals surface area contributed by atoms with Crippen LogP contribution < -0.4 is 0 Å². The van der Waals surface area contributed by atoms with Crippen molar-refractivity contribution in [2.24, 2.45) is 5.92 Å². The number of ether oxygens (including phenoxy) is 2. The molecule has 0 saturated heterocycles. The number of carbonyl (C=O) groups is 2. The summed E-state index contributed by atoms with van der Waals surface area (Å²) in [6.07, 6.45) is 2.69. The number of carbonyl (C=O) groups excluding carboxylic acids is 2. The summed E-state index contributed by atoms with van der Waals surface area (Å²) in [7, 11) is 0. The second-order valence-corrected chi connectivity index (χ2v) is 6.09. The molecule has 0 amide bonds. The van der Waals surface area contributed by atoms with E-state index < -0.39 is 30.9 Å². The van der Waals surface area contributed by atoms with Crippen LogP contribution in [0.4, 0.5) is 17.6 Å². The highest BCUT2D eigenvalue weighted by molar-refractivity contribution is 5.72. The van der Waals surface area contributed by atoms with Gasteiger partial charge in [-0.05, 0) is 18.8 Å². The SMILES string of the molecule is O=C(CCCC(=O)OCC(F)(F)C(F)F)OCCC1CCCCC1. The van der Waals surface area contributed by atoms with Crippen LogP contribution in [-0.4, -0.2) is 37.5 Å². The van der Waals surface area contributed by atoms with Gasteiger partial charge in [0.25, 0.3) is 0 Å². The Balaban J connectivity index is 2.04. The Labute approximate surface area is 138 Å². The van der Waals surface area contributed by atoms with Gasteiger partial charge >= 0.3 is 24.3 Å². The molecule has 0 atom stereocenters. The highest BCUT2D eigenvalue weighted by Gasteiger charge is 2.42. The fourth-order valence-corrected chi connectivity index (χ4v) is 2.58. The van der Waals surface area contributed by atoms with E-state index in [-0.39, 0.29) is 19.3 Å². The first kappa shape index (κ1) is 20.7. The first-order chi connectivity index (χ1) is 11.3. The van der Waals surface area contributed by atoms with E-state index >= 15 is 0 Å². The summed E-state index contributed by atoms with van der Waals surface area (Å²) in [5, 5.41) is 0. The van der Waals surface area contributed by atoms with E-state index in [2.05, 4.69) is 4.74 Å². The molecule has 0 N–H and O–H groups in total. The van der Waals surface area contributed by atoms with Gasteiger partial charge in [-0.1, -0.05) is 32.1 Å². The quantitative estimate of drug-likeness (QED) is 0.437. The molecule has 24 heavy (non-hydrogen) atoms. The largest absolute Gasteiger partial charge is 0.466 e. The Hall–Kier alpha value is -1.34. The standard InChI is InChI=1S/C16H24F4O4/c17-15(18)16(19,20)11-24-14(22)8-4-7-13(21)23-10-9-12-5-2-1-3-6-12/h12,15H,1-11H2. The van der Waals surface area contributed by atoms with E-state index in [1.54, 1.807) is 0 Å². The lowest BCUT2D eigenvalue weighted by Gasteiger charge is -2.21. The van der Waals surface area contributed by atoms with Crippen molar-refractivity contribution in [2.75, 3.05) is 13.2 Å². The molecular weight excluding hydrogens is 332 g/mol. The minimum atomic E-state index is -4.35. The van der Waals surface area contributed by atoms with Gasteiger partial charge in [0.15, 0.2) is 6.61 Å². The number of rotatable bonds is 10. The Morgan fingerprint density at radius 1 is 1.00 bits per heavy atom. The third kappa shape index (κ3) is 8.49. The van der Waals surface area contributed by atoms with E-state index in [0.29, 0.717) is 12.5 Å². The molecule has 0 aromatic heterocycles. The summed E-state index contributed by atoms with van der Waals surface area (Å²) < 4.78 is 58.0. The predicted molar refractivity (Wildman–Crippen MR) is 77.9 cm³/mol. The summed E-state index contributed by atoms with van der Waals surface area (Å²) in [6.45, 7) is -1.32. The van der Waals surface area contributed by atoms with Crippen molar-refractivity contribution >= 4 is 11.9 Å². The van der Waals surface area contributed by atoms with Gasteiger partial charge in [-0.3, -0.25) is 9.59 Å². The van der Waals surface area contributed by atoms with Gasteiger partial charge in [0.2, 0.25) is 0 Å². The normalized spacial score (nSPS) is 16.2. The van der Waals surface area contributed by atoms with E-state index in [4.69, 9.17) is 4.74 Å². The summed E-state index contributed by atoms with van der Waals surface area (Å²) >= 11 is 0. The number of hydrogen-bond acceptors (Lipinski definition) is 4. The van der Waals surface area contributed by atoms with E-state index in [1.165, 1.54) is 19.3 Å². The minimum Gasteiger partial charge on any atom is -0.466 e. The molecule has 140 valence electrons. The second-order valence-electron chi connectivity index (χ2n) is 6.09. The van der Waals surface area contributed by atoms with Crippen molar-refractivity contribution in [3.63, 3.8) is 0 Å². The zero-order valence-corrected chi connectivity index (χ0v) is 13.6. The van der Waals surface area contributed by atoms with Crippen LogP contribution in [0.15, 0.2) is 0 Å². The zero-order valence-electron chi connectivity index (χ0n) is 13.6. The van der Waals surface area contributed by atoms with E-state index in [0.717, 1.165) is 19.3 Å². The van der Waals surface area contributed by atoms with Gasteiger partial charge in [-0.25, -0.2) is 8.78 Å². The fourth-order valence-electron chi connectivity index (χ4n) is 2.58. The van der Waals surface area contributed by atoms with Crippen LogP contribution in [0.1, 0.15) is 57.8 Å². The highest BCUT2D eigenvalue weighted by Crippen LogP contribution is 2.26. The lowest BCUT2D eigenvalue weighted by molar-refractivity contribution is -0.179. The average molecular weight is 356 g/mol. The molecule has 1 saturated carbocycles. The van der Waals surface area contributed by atoms with Crippen LogP contribution in [0.25, 0.3) is 0 Å². The molecule has 4 nitrogen and oxygen atoms in total. The van der Waals surface area contributed by atoms with Crippen LogP contribution in [-0.2, 0) is 19.1 Å². The van der Waals surface area contributed by atoms with E-state index in [9.17, 15) is 27.2 Å². The van der Waals surface area contributed by atoms with Gasteiger partial charge in [-0.2, -0.15) is 8.78 Å². The number of halogens is 4. The molecule has 0 unspecified atom stereocenters. The molecule has 1 aliphatic rings. The van der Waals surface area contributed by atoms with E-state index in [1.807, 2.05) is 0 Å². The molecule has 0 heterocycles. The number of alkyl halides is 4. The molecular formula is C16H24F4O4. The Kier molecular flexibility index (Phi) is 9.07. The molecule has 0 aliphatic heterocycles. The zero-order chi connectivity index (χ0) is 18.0. The molecule has 0 radical (unpaired) electrons. The minimum absolute atomic E-state index is 0.0367. The average Bonchev–Trinajstić information content (AvgIpc) is 2.54. The maximum absolute atomic E-state index is 12.5. The lowest BCUT2D eigenvalue weighted by atomic mass is 9.87. The van der Waals surface area contributed by atoms with Crippen molar-refractivity contribution in [3.8, 4) is 0 Å². The topological polar surface area (TPSA) is 52.6 Å². The Morgan fingerprint density at radius 2 is 1.58 bits per heavy atom. The first-order valence-corrected chi connectivity index (χ1v) is 8.28. The van der Waals surface area contributed by atoms with Crippen LogP contribution in [0.5, 0.6) is 0 Å². The second kappa shape index (κ2) is 10.5. The van der Waals surface area contributed by atoms with Crippen molar-refractivity contribution in [2.45, 2.75) is 70.1 Å². The van der Waals surface area contributed by atoms with Crippen molar-refractivity contribution in [1.82, 2.24) is 0 Å². The van der Waals surface area contributed by atoms with Crippen molar-refractivity contribution < 1.29 is 36.6 Å². The third-order valence-corrected chi connectivity index (χ3v) is 4.02. The molecule has 8 heteroatoms. The lowest BCUT2D eigenvalue weighted by Crippen LogP contribution is -2.33. The summed E-state index contributed by atoms with van der Waals surface area (Å²) in [6, 6.07) is 0. The summed E-state index contributed by atoms with van der Waals surface area (Å²) in [5.74, 6) is -5.26. The number of hydrogen-bond donors (Lipinski definition) is 0. The van der Waals surface area contributed by atoms with Gasteiger partial charge in [0.05, 0.1) is 6.61 Å². The Bertz CT molecular complexity index is 396. The maximum Gasteiger partial charge on any atom is 0.340 e. The first-order valence-electron chi connectivity index (χ1n) is 8.28. The molecule has 1 aliphatic carbocycles. The van der Waals surface area contributed by atoms with Gasteiger partial charge in [0, 0.05) is 12.8 Å². The molecule has 1 fully saturated rings. The molecule has 0 aromatic rings. The molecule has 0 aromatic carbocycles. The van der Waals surface area contributed by atoms with Crippen LogP contribution in [0.2, 0.25) is 0 Å². The van der Waals surface area contributed by atoms with Crippen LogP contribution in [0.3, 0.4) is 0 Å². The fraction of sp³-hybridized carbons (Fsp3) is 0.875. The van der Waals surface area contributed by atoms with Gasteiger partial charge in [0.1, 0.15) is 0 Å². The number of esters is 2. The third-order valence-electron chi connectivity index (χ3n) is 4.02. The predicted octanol–water partition coefficient (Wildman–Crippen LogP) is 4.11. The summed E-state index contributed by atoms with van der Waals surface area (Å²) in [5.41, 5.74) is 0. The smallest absolute Gasteiger partial charge is 0.340 e.